The van der Waals surface area contributed by atoms with E-state index in [0.717, 1.165) is 22.2 Å². The minimum atomic E-state index is -0.696. The molecule has 7 nitrogen and oxygen atoms in total. The Balaban J connectivity index is 1.59. The summed E-state index contributed by atoms with van der Waals surface area (Å²) >= 11 is 0. The topological polar surface area (TPSA) is 82.1 Å². The van der Waals surface area contributed by atoms with Crippen LogP contribution in [0.25, 0.3) is 22.0 Å². The third-order valence-corrected chi connectivity index (χ3v) is 4.80. The van der Waals surface area contributed by atoms with Gasteiger partial charge in [-0.1, -0.05) is 23.8 Å². The monoisotopic (exact) mass is 364 g/mol. The smallest absolute Gasteiger partial charge is 0.408 e. The maximum Gasteiger partial charge on any atom is 0.420 e. The summed E-state index contributed by atoms with van der Waals surface area (Å²) in [7, 11) is 1.88. The number of nitrogens with one attached hydrogen (secondary N) is 1. The molecule has 0 radical (unpaired) electrons. The molecule has 2 aromatic heterocycles. The largest absolute Gasteiger partial charge is 0.420 e. The molecule has 1 N–H and O–H groups in total. The fraction of sp³-hybridized carbons (Fsp3) is 0.250. The molecule has 0 aliphatic heterocycles. The summed E-state index contributed by atoms with van der Waals surface area (Å²) in [6.45, 7) is 3.99. The maximum atomic E-state index is 12.7. The van der Waals surface area contributed by atoms with E-state index in [-0.39, 0.29) is 12.5 Å². The fourth-order valence-electron chi connectivity index (χ4n) is 3.37. The summed E-state index contributed by atoms with van der Waals surface area (Å²) in [6, 6.07) is 12.5. The zero-order valence-electron chi connectivity index (χ0n) is 15.4. The van der Waals surface area contributed by atoms with E-state index in [4.69, 9.17) is 4.42 Å². The van der Waals surface area contributed by atoms with Crippen LogP contribution in [-0.2, 0) is 18.4 Å². The van der Waals surface area contributed by atoms with Gasteiger partial charge in [0.15, 0.2) is 5.58 Å². The van der Waals surface area contributed by atoms with Gasteiger partial charge in [0.2, 0.25) is 5.91 Å². The first-order valence-corrected chi connectivity index (χ1v) is 8.75. The molecule has 138 valence electrons. The maximum absolute atomic E-state index is 12.7. The Morgan fingerprint density at radius 3 is 2.81 bits per heavy atom. The summed E-state index contributed by atoms with van der Waals surface area (Å²) in [5, 5.41) is 8.41. The van der Waals surface area contributed by atoms with Gasteiger partial charge >= 0.3 is 5.76 Å². The predicted molar refractivity (Wildman–Crippen MR) is 102 cm³/mol. The third-order valence-electron chi connectivity index (χ3n) is 4.80. The van der Waals surface area contributed by atoms with Gasteiger partial charge in [0.1, 0.15) is 6.04 Å². The van der Waals surface area contributed by atoms with Gasteiger partial charge in [-0.05, 0) is 38.1 Å². The number of carbonyl (C=O) groups is 1. The second kappa shape index (κ2) is 6.42. The van der Waals surface area contributed by atoms with E-state index in [1.54, 1.807) is 35.9 Å². The number of nitrogens with zero attached hydrogens (tertiary/aromatic N) is 3. The first-order valence-electron chi connectivity index (χ1n) is 8.75. The van der Waals surface area contributed by atoms with Crippen molar-refractivity contribution in [3.05, 3.63) is 64.3 Å². The van der Waals surface area contributed by atoms with Gasteiger partial charge in [-0.2, -0.15) is 5.10 Å². The molecule has 2 aromatic carbocycles. The molecule has 0 saturated carbocycles. The number of rotatable bonds is 4. The highest BCUT2D eigenvalue weighted by atomic mass is 16.4. The van der Waals surface area contributed by atoms with Gasteiger partial charge in [-0.15, -0.1) is 0 Å². The van der Waals surface area contributed by atoms with Crippen LogP contribution < -0.4 is 11.1 Å². The Hall–Kier alpha value is -3.35. The van der Waals surface area contributed by atoms with Crippen molar-refractivity contribution in [2.75, 3.05) is 0 Å². The van der Waals surface area contributed by atoms with Crippen molar-refractivity contribution in [2.45, 2.75) is 26.4 Å². The van der Waals surface area contributed by atoms with Crippen LogP contribution in [0, 0.1) is 6.92 Å². The summed E-state index contributed by atoms with van der Waals surface area (Å²) in [4.78, 5) is 24.8. The number of hydrogen-bond donors (Lipinski definition) is 1. The van der Waals surface area contributed by atoms with E-state index in [1.807, 2.05) is 26.1 Å². The van der Waals surface area contributed by atoms with Crippen LogP contribution >= 0.6 is 0 Å². The van der Waals surface area contributed by atoms with Crippen molar-refractivity contribution in [2.24, 2.45) is 7.05 Å². The highest BCUT2D eigenvalue weighted by Crippen LogP contribution is 2.20. The number of benzene rings is 2. The average Bonchev–Trinajstić information content (AvgIpc) is 3.14. The lowest BCUT2D eigenvalue weighted by molar-refractivity contribution is -0.124. The summed E-state index contributed by atoms with van der Waals surface area (Å²) in [6.07, 6.45) is 0. The van der Waals surface area contributed by atoms with Crippen LogP contribution in [0.2, 0.25) is 0 Å². The van der Waals surface area contributed by atoms with Gasteiger partial charge in [0.25, 0.3) is 0 Å². The Morgan fingerprint density at radius 1 is 1.22 bits per heavy atom. The SMILES string of the molecule is Cc1ccc2c(c1)c(CNC(=O)C(C)n1c(=O)oc3ccccc31)nn2C. The Labute approximate surface area is 155 Å². The minimum Gasteiger partial charge on any atom is -0.408 e. The molecular formula is C20H20N4O3. The molecule has 0 aliphatic carbocycles. The number of amides is 1. The van der Waals surface area contributed by atoms with E-state index in [2.05, 4.69) is 16.5 Å². The zero-order chi connectivity index (χ0) is 19.1. The van der Waals surface area contributed by atoms with Gasteiger partial charge in [-0.3, -0.25) is 14.0 Å². The lowest BCUT2D eigenvalue weighted by Crippen LogP contribution is -2.34. The van der Waals surface area contributed by atoms with Crippen molar-refractivity contribution in [1.82, 2.24) is 19.7 Å². The number of carbonyl (C=O) groups excluding carboxylic acids is 1. The molecule has 0 saturated heterocycles. The van der Waals surface area contributed by atoms with Crippen LogP contribution in [0.15, 0.2) is 51.7 Å². The number of para-hydroxylation sites is 2. The Bertz CT molecular complexity index is 1220. The highest BCUT2D eigenvalue weighted by Gasteiger charge is 2.21. The second-order valence-electron chi connectivity index (χ2n) is 6.69. The quantitative estimate of drug-likeness (QED) is 0.604. The molecule has 0 spiro atoms. The summed E-state index contributed by atoms with van der Waals surface area (Å²) in [5.74, 6) is -0.812. The standard InChI is InChI=1S/C20H20N4O3/c1-12-8-9-16-14(10-12)15(22-23(16)3)11-21-19(25)13(2)24-17-6-4-5-7-18(17)27-20(24)26/h4-10,13H,11H2,1-3H3,(H,21,25). The average molecular weight is 364 g/mol. The van der Waals surface area contributed by atoms with Crippen LogP contribution in [0.3, 0.4) is 0 Å². The normalized spacial score (nSPS) is 12.6. The van der Waals surface area contributed by atoms with E-state index in [0.29, 0.717) is 11.1 Å². The third kappa shape index (κ3) is 2.91. The molecule has 1 unspecified atom stereocenters. The van der Waals surface area contributed by atoms with Crippen molar-refractivity contribution in [3.8, 4) is 0 Å². The number of aryl methyl sites for hydroxylation is 2. The van der Waals surface area contributed by atoms with Crippen molar-refractivity contribution >= 4 is 27.9 Å². The first-order chi connectivity index (χ1) is 13.0. The molecule has 0 aliphatic rings. The van der Waals surface area contributed by atoms with Crippen molar-refractivity contribution in [3.63, 3.8) is 0 Å². The molecule has 0 fully saturated rings. The molecule has 2 heterocycles. The molecule has 1 atom stereocenters. The van der Waals surface area contributed by atoms with Gasteiger partial charge in [-0.25, -0.2) is 4.79 Å². The zero-order valence-corrected chi connectivity index (χ0v) is 15.4. The summed E-state index contributed by atoms with van der Waals surface area (Å²) in [5.41, 5.74) is 4.00. The van der Waals surface area contributed by atoms with Crippen LogP contribution in [0.5, 0.6) is 0 Å². The molecule has 4 aromatic rings. The van der Waals surface area contributed by atoms with E-state index in [1.165, 1.54) is 4.57 Å². The number of fused-ring (bicyclic) bond motifs is 2. The van der Waals surface area contributed by atoms with E-state index in [9.17, 15) is 9.59 Å². The van der Waals surface area contributed by atoms with E-state index < -0.39 is 11.8 Å². The number of oxazole rings is 1. The van der Waals surface area contributed by atoms with Gasteiger partial charge in [0.05, 0.1) is 23.3 Å². The lowest BCUT2D eigenvalue weighted by atomic mass is 10.1. The lowest BCUT2D eigenvalue weighted by Gasteiger charge is -2.12. The number of hydrogen-bond acceptors (Lipinski definition) is 4. The van der Waals surface area contributed by atoms with Gasteiger partial charge < -0.3 is 9.73 Å². The summed E-state index contributed by atoms with van der Waals surface area (Å²) < 4.78 is 8.38. The molecule has 7 heteroatoms. The van der Waals surface area contributed by atoms with Crippen LogP contribution in [0.1, 0.15) is 24.2 Å². The number of aromatic nitrogens is 3. The molecule has 4 rings (SSSR count). The molecular weight excluding hydrogens is 344 g/mol. The fourth-order valence-corrected chi connectivity index (χ4v) is 3.37. The van der Waals surface area contributed by atoms with Crippen LogP contribution in [0.4, 0.5) is 0 Å². The molecule has 1 amide bonds. The molecule has 0 bridgehead atoms. The highest BCUT2D eigenvalue weighted by molar-refractivity contribution is 5.85. The first kappa shape index (κ1) is 17.1. The minimum absolute atomic E-state index is 0.268. The van der Waals surface area contributed by atoms with Crippen molar-refractivity contribution in [1.29, 1.82) is 0 Å². The Kier molecular flexibility index (Phi) is 4.07. The predicted octanol–water partition coefficient (Wildman–Crippen LogP) is 2.67. The molecule has 27 heavy (non-hydrogen) atoms. The van der Waals surface area contributed by atoms with Crippen LogP contribution in [-0.4, -0.2) is 20.3 Å². The Morgan fingerprint density at radius 2 is 2.00 bits per heavy atom. The van der Waals surface area contributed by atoms with Gasteiger partial charge in [0, 0.05) is 12.4 Å². The second-order valence-corrected chi connectivity index (χ2v) is 6.69. The van der Waals surface area contributed by atoms with Crippen molar-refractivity contribution < 1.29 is 9.21 Å². The van der Waals surface area contributed by atoms with E-state index >= 15 is 0 Å².